The first-order valence-electron chi connectivity index (χ1n) is 24.2. The minimum atomic E-state index is -1.25. The molecule has 0 radical (unpaired) electrons. The van der Waals surface area contributed by atoms with Crippen LogP contribution in [0.3, 0.4) is 0 Å². The van der Waals surface area contributed by atoms with Crippen molar-refractivity contribution in [3.63, 3.8) is 0 Å². The molecule has 0 aliphatic carbocycles. The quantitative estimate of drug-likeness (QED) is 0.0213. The highest BCUT2D eigenvalue weighted by Gasteiger charge is 2.48. The Hall–Kier alpha value is -4.25. The van der Waals surface area contributed by atoms with Crippen LogP contribution in [0.5, 0.6) is 0 Å². The predicted octanol–water partition coefficient (Wildman–Crippen LogP) is 8.59. The van der Waals surface area contributed by atoms with E-state index in [0.29, 0.717) is 6.42 Å². The van der Waals surface area contributed by atoms with Gasteiger partial charge in [-0.3, -0.25) is 15.0 Å². The van der Waals surface area contributed by atoms with Gasteiger partial charge in [0.1, 0.15) is 41.4 Å². The van der Waals surface area contributed by atoms with Crippen LogP contribution in [0.25, 0.3) is 0 Å². The largest absolute Gasteiger partial charge is 0.458 e. The number of rotatable bonds is 20. The summed E-state index contributed by atoms with van der Waals surface area (Å²) in [5.41, 5.74) is 21.6. The average molecular weight is 986 g/mol. The van der Waals surface area contributed by atoms with Crippen molar-refractivity contribution < 1.29 is 43.9 Å². The van der Waals surface area contributed by atoms with E-state index in [0.717, 1.165) is 86.6 Å². The molecule has 6 rings (SSSR count). The molecule has 8 N–H and O–H groups in total. The van der Waals surface area contributed by atoms with E-state index in [9.17, 15) is 24.9 Å². The molecular formula is C55H75N3O9S2. The fourth-order valence-corrected chi connectivity index (χ4v) is 10.4. The standard InChI is InChI=1S/C29H39NO5S.C26H36N2O4S/c1-18-9-14-24(17-25(18)16-23-12-10-22(11-13-23)8-6-7-15-30)26-19(2)27(33-20(3)31)28(34-21(4)32)29(35-26)36-5;1-16-8-13-19(25-23(30)22(29)24(31)26(32-25)33-2)15-20(16)14-18-11-9-17(10-12-18)6-4-3-5-7-21(27)28/h9-14,17,19,26-29H,6-8,15-16,30H2,1-5H3;8-13,15,22-26,29-31H,3-7,14H2,1-2H3,(H3,27,28)/t19-,26+,27+,28-,29+;22-,23-,24+,25+,26-/m01/s1. The normalized spacial score (nSPS) is 24.4. The summed E-state index contributed by atoms with van der Waals surface area (Å²) in [5.74, 6) is -0.764. The number of benzene rings is 4. The van der Waals surface area contributed by atoms with Crippen LogP contribution in [0.2, 0.25) is 0 Å². The molecule has 2 fully saturated rings. The van der Waals surface area contributed by atoms with Crippen LogP contribution in [-0.2, 0) is 54.2 Å². The van der Waals surface area contributed by atoms with Crippen molar-refractivity contribution in [2.45, 2.75) is 152 Å². The maximum absolute atomic E-state index is 11.9. The fourth-order valence-electron chi connectivity index (χ4n) is 9.04. The highest BCUT2D eigenvalue weighted by atomic mass is 32.2. The average Bonchev–Trinajstić information content (AvgIpc) is 3.32. The molecule has 0 saturated carbocycles. The van der Waals surface area contributed by atoms with Crippen LogP contribution in [-0.4, -0.2) is 93.5 Å². The number of hydrogen-bond acceptors (Lipinski definition) is 13. The van der Waals surface area contributed by atoms with Gasteiger partial charge in [-0.1, -0.05) is 98.3 Å². The summed E-state index contributed by atoms with van der Waals surface area (Å²) in [7, 11) is 0. The molecule has 4 aromatic rings. The van der Waals surface area contributed by atoms with Gasteiger partial charge in [0.25, 0.3) is 0 Å². The van der Waals surface area contributed by atoms with Crippen LogP contribution in [0.15, 0.2) is 84.9 Å². The Morgan fingerprint density at radius 2 is 1.09 bits per heavy atom. The van der Waals surface area contributed by atoms with Crippen LogP contribution in [0.4, 0.5) is 0 Å². The van der Waals surface area contributed by atoms with Crippen molar-refractivity contribution in [2.24, 2.45) is 17.4 Å². The molecule has 4 aromatic carbocycles. The molecule has 69 heavy (non-hydrogen) atoms. The zero-order chi connectivity index (χ0) is 50.2. The van der Waals surface area contributed by atoms with E-state index >= 15 is 0 Å². The number of aryl methyl sites for hydroxylation is 4. The summed E-state index contributed by atoms with van der Waals surface area (Å²) in [6.07, 6.45) is 7.53. The second-order valence-corrected chi connectivity index (χ2v) is 20.4. The van der Waals surface area contributed by atoms with Gasteiger partial charge < -0.3 is 45.7 Å². The van der Waals surface area contributed by atoms with Gasteiger partial charge in [-0.05, 0) is 140 Å². The summed E-state index contributed by atoms with van der Waals surface area (Å²) >= 11 is 2.77. The Balaban J connectivity index is 0.000000258. The Kier molecular flexibility index (Phi) is 22.1. The van der Waals surface area contributed by atoms with E-state index in [1.54, 1.807) is 0 Å². The number of nitrogens with two attached hydrogens (primary N) is 2. The summed E-state index contributed by atoms with van der Waals surface area (Å²) in [6, 6.07) is 29.9. The lowest BCUT2D eigenvalue weighted by Gasteiger charge is -2.44. The lowest BCUT2D eigenvalue weighted by Crippen LogP contribution is -2.52. The topological polar surface area (TPSA) is 208 Å². The van der Waals surface area contributed by atoms with Crippen molar-refractivity contribution in [3.8, 4) is 0 Å². The third-order valence-corrected chi connectivity index (χ3v) is 14.8. The van der Waals surface area contributed by atoms with Gasteiger partial charge in [-0.15, -0.1) is 23.5 Å². The predicted molar refractivity (Wildman–Crippen MR) is 277 cm³/mol. The van der Waals surface area contributed by atoms with Gasteiger partial charge in [-0.25, -0.2) is 0 Å². The van der Waals surface area contributed by atoms with Crippen LogP contribution < -0.4 is 11.5 Å². The minimum Gasteiger partial charge on any atom is -0.458 e. The van der Waals surface area contributed by atoms with Crippen LogP contribution >= 0.6 is 23.5 Å². The number of nitrogens with one attached hydrogen (secondary N) is 1. The molecule has 0 amide bonds. The molecule has 376 valence electrons. The van der Waals surface area contributed by atoms with E-state index in [4.69, 9.17) is 35.8 Å². The SMILES string of the molecule is CS[C@H]1O[C@@H](c2ccc(C)c(Cc3ccc(CCCCCC(=N)N)cc3)c2)[C@H](O)[C@@H](O)[C@@H]1O.CS[C@H]1O[C@@H](c2ccc(C)c(Cc3ccc(CCCCN)cc3)c2)[C@H](C)[C@@H](OC(C)=O)[C@@H]1OC(C)=O. The zero-order valence-corrected chi connectivity index (χ0v) is 43.0. The number of aliphatic hydroxyl groups excluding tert-OH is 3. The summed E-state index contributed by atoms with van der Waals surface area (Å²) < 4.78 is 23.6. The van der Waals surface area contributed by atoms with Crippen molar-refractivity contribution in [1.29, 1.82) is 5.41 Å². The molecule has 2 heterocycles. The summed E-state index contributed by atoms with van der Waals surface area (Å²) in [4.78, 5) is 23.7. The number of carbonyl (C=O) groups is 2. The molecule has 10 atom stereocenters. The number of aliphatic hydroxyl groups is 3. The molecule has 0 bridgehead atoms. The number of hydrogen-bond donors (Lipinski definition) is 6. The monoisotopic (exact) mass is 985 g/mol. The lowest BCUT2D eigenvalue weighted by atomic mass is 9.85. The smallest absolute Gasteiger partial charge is 0.303 e. The van der Waals surface area contributed by atoms with E-state index in [2.05, 4.69) is 80.6 Å². The molecule has 0 aromatic heterocycles. The van der Waals surface area contributed by atoms with Gasteiger partial charge in [0.2, 0.25) is 0 Å². The van der Waals surface area contributed by atoms with E-state index in [1.807, 2.05) is 37.6 Å². The van der Waals surface area contributed by atoms with E-state index < -0.39 is 59.4 Å². The lowest BCUT2D eigenvalue weighted by molar-refractivity contribution is -0.208. The first-order valence-corrected chi connectivity index (χ1v) is 26.7. The third kappa shape index (κ3) is 16.1. The molecule has 0 unspecified atom stereocenters. The number of unbranched alkanes of at least 4 members (excludes halogenated alkanes) is 3. The van der Waals surface area contributed by atoms with Gasteiger partial charge in [0.05, 0.1) is 11.9 Å². The zero-order valence-electron chi connectivity index (χ0n) is 41.4. The summed E-state index contributed by atoms with van der Waals surface area (Å²) in [6.45, 7) is 9.64. The van der Waals surface area contributed by atoms with Gasteiger partial charge >= 0.3 is 11.9 Å². The maximum Gasteiger partial charge on any atom is 0.303 e. The molecule has 2 aliphatic heterocycles. The number of amidine groups is 1. The third-order valence-electron chi connectivity index (χ3n) is 13.1. The summed E-state index contributed by atoms with van der Waals surface area (Å²) in [5, 5.41) is 38.2. The van der Waals surface area contributed by atoms with Crippen LogP contribution in [0, 0.1) is 25.2 Å². The fraction of sp³-hybridized carbons (Fsp3) is 0.509. The molecule has 2 saturated heterocycles. The van der Waals surface area contributed by atoms with Crippen molar-refractivity contribution >= 4 is 41.3 Å². The van der Waals surface area contributed by atoms with Crippen molar-refractivity contribution in [2.75, 3.05) is 19.1 Å². The Morgan fingerprint density at radius 3 is 1.57 bits per heavy atom. The van der Waals surface area contributed by atoms with E-state index in [1.165, 1.54) is 70.8 Å². The second kappa shape index (κ2) is 27.4. The molecule has 14 heteroatoms. The van der Waals surface area contributed by atoms with Crippen molar-refractivity contribution in [1.82, 2.24) is 0 Å². The molecule has 2 aliphatic rings. The van der Waals surface area contributed by atoms with Gasteiger partial charge in [-0.2, -0.15) is 0 Å². The molecule has 0 spiro atoms. The molecule has 12 nitrogen and oxygen atoms in total. The second-order valence-electron chi connectivity index (χ2n) is 18.5. The van der Waals surface area contributed by atoms with Crippen LogP contribution in [0.1, 0.15) is 127 Å². The number of ether oxygens (including phenoxy) is 4. The van der Waals surface area contributed by atoms with Gasteiger partial charge in [0, 0.05) is 26.2 Å². The molecular weight excluding hydrogens is 911 g/mol. The highest BCUT2D eigenvalue weighted by molar-refractivity contribution is 7.99. The number of carbonyl (C=O) groups excluding carboxylic acids is 2. The number of thioether (sulfide) groups is 2. The minimum absolute atomic E-state index is 0.204. The van der Waals surface area contributed by atoms with Gasteiger partial charge in [0.15, 0.2) is 6.10 Å². The Labute approximate surface area is 418 Å². The van der Waals surface area contributed by atoms with Crippen molar-refractivity contribution in [3.05, 3.63) is 141 Å². The Bertz CT molecular complexity index is 2260. The first-order chi connectivity index (χ1) is 33.0. The number of esters is 2. The highest BCUT2D eigenvalue weighted by Crippen LogP contribution is 2.43. The first kappa shape index (κ1) is 55.7. The maximum atomic E-state index is 11.9. The van der Waals surface area contributed by atoms with E-state index in [-0.39, 0.29) is 17.9 Å². The Morgan fingerprint density at radius 1 is 0.623 bits per heavy atom.